The maximum Gasteiger partial charge on any atom is 0.408 e. The van der Waals surface area contributed by atoms with Gasteiger partial charge in [0.25, 0.3) is 21.9 Å². The van der Waals surface area contributed by atoms with E-state index in [0.29, 0.717) is 25.0 Å². The molecule has 336 valence electrons. The number of amides is 3. The lowest BCUT2D eigenvalue weighted by Crippen LogP contribution is -2.57. The Morgan fingerprint density at radius 3 is 2.41 bits per heavy atom. The van der Waals surface area contributed by atoms with Crippen LogP contribution in [0.25, 0.3) is 11.0 Å². The molecule has 3 aliphatic carbocycles. The summed E-state index contributed by atoms with van der Waals surface area (Å²) in [5.41, 5.74) is -1.49. The van der Waals surface area contributed by atoms with Crippen molar-refractivity contribution in [2.24, 2.45) is 29.0 Å². The van der Waals surface area contributed by atoms with Crippen molar-refractivity contribution >= 4 is 55.8 Å². The zero-order valence-electron chi connectivity index (χ0n) is 34.8. The number of carbonyl (C=O) groups is 4. The van der Waals surface area contributed by atoms with Crippen LogP contribution in [-0.2, 0) is 35.1 Å². The summed E-state index contributed by atoms with van der Waals surface area (Å²) in [6.45, 7) is 7.60. The molecule has 1 aromatic carbocycles. The number of halogens is 4. The molecule has 5 aliphatic rings. The van der Waals surface area contributed by atoms with E-state index in [4.69, 9.17) is 20.1 Å². The molecule has 3 N–H and O–H groups in total. The molecule has 1 saturated heterocycles. The summed E-state index contributed by atoms with van der Waals surface area (Å²) < 4.78 is 102. The summed E-state index contributed by atoms with van der Waals surface area (Å²) in [6.07, 6.45) is -5.04. The first-order valence-electron chi connectivity index (χ1n) is 20.5. The number of hydrogen-bond donors (Lipinski definition) is 2. The van der Waals surface area contributed by atoms with Crippen LogP contribution in [0.4, 0.5) is 22.4 Å². The van der Waals surface area contributed by atoms with Crippen molar-refractivity contribution in [2.75, 3.05) is 13.7 Å². The average molecular weight is 901 g/mol. The minimum absolute atomic E-state index is 0.0365. The van der Waals surface area contributed by atoms with E-state index in [-0.39, 0.29) is 58.8 Å². The summed E-state index contributed by atoms with van der Waals surface area (Å²) in [5.74, 6) is -2.92. The molecule has 2 bridgehead atoms. The molecule has 61 heavy (non-hydrogen) atoms. The van der Waals surface area contributed by atoms with Crippen LogP contribution in [0.15, 0.2) is 18.2 Å². The lowest BCUT2D eigenvalue weighted by molar-refractivity contribution is -0.140. The highest BCUT2D eigenvalue weighted by Crippen LogP contribution is 2.60. The smallest absolute Gasteiger partial charge is 0.408 e. The second-order valence-electron chi connectivity index (χ2n) is 18.2. The SMILES string of the molecule is CC[C@@H]1[C@@H]2CN(C(=O)[C@H](C(C)(C)C)NC(=O)O[C@@H]3CC3CCCCC(F)(F)c3nc4ccc(OC)cc4nc3O2)[C@@H]1C(=O)S[C@]1(C(=O)N(N)S(=O)(=O)C2(C)CC2)C[C@H]1C(F)F. The number of ether oxygens (including phenoxy) is 3. The fraction of sp³-hybridized carbons (Fsp3) is 0.700. The molecule has 3 heterocycles. The van der Waals surface area contributed by atoms with E-state index in [1.165, 1.54) is 26.2 Å². The second kappa shape index (κ2) is 16.0. The van der Waals surface area contributed by atoms with Crippen molar-refractivity contribution in [3.63, 3.8) is 0 Å². The molecule has 3 saturated carbocycles. The fourth-order valence-corrected chi connectivity index (χ4v) is 11.5. The van der Waals surface area contributed by atoms with E-state index in [0.717, 1.165) is 4.90 Å². The van der Waals surface area contributed by atoms with E-state index in [9.17, 15) is 36.4 Å². The van der Waals surface area contributed by atoms with Crippen LogP contribution in [0.1, 0.15) is 98.1 Å². The number of hydrogen-bond acceptors (Lipinski definition) is 13. The fourth-order valence-electron chi connectivity index (χ4n) is 8.44. The zero-order chi connectivity index (χ0) is 44.6. The Hall–Kier alpha value is -3.98. The van der Waals surface area contributed by atoms with Crippen LogP contribution in [0, 0.1) is 23.2 Å². The predicted octanol–water partition coefficient (Wildman–Crippen LogP) is 5.69. The van der Waals surface area contributed by atoms with Crippen molar-refractivity contribution in [1.82, 2.24) is 24.6 Å². The molecule has 2 aliphatic heterocycles. The third-order valence-corrected chi connectivity index (χ3v) is 16.6. The zero-order valence-corrected chi connectivity index (χ0v) is 36.4. The van der Waals surface area contributed by atoms with E-state index in [1.54, 1.807) is 33.8 Å². The highest BCUT2D eigenvalue weighted by Gasteiger charge is 2.70. The van der Waals surface area contributed by atoms with Gasteiger partial charge in [-0.15, -0.1) is 0 Å². The number of nitrogens with one attached hydrogen (secondary N) is 1. The Bertz CT molecular complexity index is 2210. The van der Waals surface area contributed by atoms with Crippen LogP contribution < -0.4 is 20.6 Å². The maximum absolute atomic E-state index is 16.4. The van der Waals surface area contributed by atoms with Gasteiger partial charge < -0.3 is 24.4 Å². The first-order valence-corrected chi connectivity index (χ1v) is 22.8. The highest BCUT2D eigenvalue weighted by molar-refractivity contribution is 8.15. The van der Waals surface area contributed by atoms with Crippen LogP contribution in [0.5, 0.6) is 11.6 Å². The molecule has 7 rings (SSSR count). The van der Waals surface area contributed by atoms with Crippen molar-refractivity contribution in [3.05, 3.63) is 23.9 Å². The standard InChI is InChI=1S/C40H52F4N6O9S2/c1-7-22-27-19-49(28(22)34(52)60-39(18-23(39)31(41)42)35(53)50(45)61(55,56)38(5)14-15-38)33(51)30(37(2,3)4)48-36(54)59-26-16-20(26)10-8-9-13-40(43,44)29-32(58-27)47-25-17-21(57-6)11-12-24(25)46-29/h11-12,17,20,22-23,26-28,30-31H,7-10,13-16,18-19,45H2,1-6H3,(H,48,54)/t20?,22-,23+,26-,27+,28+,30-,39-/m1/s1. The lowest BCUT2D eigenvalue weighted by Gasteiger charge is -2.36. The Kier molecular flexibility index (Phi) is 11.8. The number of fused-ring (bicyclic) bond motifs is 5. The first kappa shape index (κ1) is 45.1. The largest absolute Gasteiger partial charge is 0.497 e. The molecular weight excluding hydrogens is 849 g/mol. The van der Waals surface area contributed by atoms with Crippen molar-refractivity contribution in [3.8, 4) is 11.6 Å². The number of thioether (sulfide) groups is 1. The van der Waals surface area contributed by atoms with Gasteiger partial charge in [0, 0.05) is 24.3 Å². The molecule has 0 radical (unpaired) electrons. The van der Waals surface area contributed by atoms with Crippen molar-refractivity contribution < 1.29 is 59.4 Å². The Balaban J connectivity index is 1.31. The molecule has 3 amide bonds. The monoisotopic (exact) mass is 900 g/mol. The number of benzene rings is 1. The van der Waals surface area contributed by atoms with E-state index in [2.05, 4.69) is 15.3 Å². The van der Waals surface area contributed by atoms with Crippen LogP contribution in [-0.4, -0.2) is 105 Å². The number of rotatable bonds is 8. The summed E-state index contributed by atoms with van der Waals surface area (Å²) in [5, 5.41) is 1.70. The van der Waals surface area contributed by atoms with Gasteiger partial charge in [0.15, 0.2) is 5.69 Å². The van der Waals surface area contributed by atoms with E-state index >= 15 is 8.78 Å². The van der Waals surface area contributed by atoms with Gasteiger partial charge in [-0.05, 0) is 75.3 Å². The Morgan fingerprint density at radius 1 is 1.10 bits per heavy atom. The third kappa shape index (κ3) is 8.46. The Labute approximate surface area is 355 Å². The quantitative estimate of drug-likeness (QED) is 0.142. The molecular formula is C40H52F4N6O9S2. The van der Waals surface area contributed by atoms with E-state index < -0.39 is 127 Å². The normalized spacial score (nSPS) is 31.1. The van der Waals surface area contributed by atoms with Gasteiger partial charge in [0.2, 0.25) is 23.3 Å². The van der Waals surface area contributed by atoms with Gasteiger partial charge in [-0.25, -0.2) is 37.8 Å². The van der Waals surface area contributed by atoms with Gasteiger partial charge in [0.05, 0.1) is 29.4 Å². The molecule has 4 fully saturated rings. The topological polar surface area (TPSA) is 200 Å². The number of alkyl carbamates (subject to hydrolysis) is 1. The van der Waals surface area contributed by atoms with Crippen molar-refractivity contribution in [2.45, 2.75) is 139 Å². The maximum atomic E-state index is 16.4. The molecule has 8 atom stereocenters. The molecule has 1 aromatic heterocycles. The van der Waals surface area contributed by atoms with Gasteiger partial charge in [-0.2, -0.15) is 13.2 Å². The van der Waals surface area contributed by atoms with Gasteiger partial charge in [-0.1, -0.05) is 45.9 Å². The summed E-state index contributed by atoms with van der Waals surface area (Å²) in [7, 11) is -3.09. The van der Waals surface area contributed by atoms with Crippen LogP contribution >= 0.6 is 11.8 Å². The summed E-state index contributed by atoms with van der Waals surface area (Å²) in [4.78, 5) is 66.9. The predicted molar refractivity (Wildman–Crippen MR) is 214 cm³/mol. The number of sulfonamides is 1. The van der Waals surface area contributed by atoms with Crippen LogP contribution in [0.3, 0.4) is 0 Å². The number of aromatic nitrogens is 2. The molecule has 2 aromatic rings. The number of carbonyl (C=O) groups excluding carboxylic acids is 4. The number of alkyl halides is 4. The molecule has 15 nitrogen and oxygen atoms in total. The molecule has 1 unspecified atom stereocenters. The highest BCUT2D eigenvalue weighted by atomic mass is 32.2. The third-order valence-electron chi connectivity index (χ3n) is 12.8. The first-order chi connectivity index (χ1) is 28.5. The lowest BCUT2D eigenvalue weighted by atomic mass is 9.85. The minimum atomic E-state index is -4.50. The van der Waals surface area contributed by atoms with E-state index in [1.807, 2.05) is 0 Å². The molecule has 21 heteroatoms. The number of methoxy groups -OCH3 is 1. The average Bonchev–Trinajstić information content (AvgIpc) is 4.15. The van der Waals surface area contributed by atoms with Crippen LogP contribution in [0.2, 0.25) is 0 Å². The second-order valence-corrected chi connectivity index (χ2v) is 21.9. The summed E-state index contributed by atoms with van der Waals surface area (Å²) >= 11 is 0.178. The Morgan fingerprint density at radius 2 is 1.80 bits per heavy atom. The number of nitrogens with two attached hydrogens (primary N) is 1. The van der Waals surface area contributed by atoms with Gasteiger partial charge >= 0.3 is 6.09 Å². The number of hydrazine groups is 1. The summed E-state index contributed by atoms with van der Waals surface area (Å²) in [6, 6.07) is 1.62. The molecule has 0 spiro atoms. The minimum Gasteiger partial charge on any atom is -0.497 e. The van der Waals surface area contributed by atoms with Gasteiger partial charge in [0.1, 0.15) is 34.8 Å². The number of nitrogens with zero attached hydrogens (tertiary/aromatic N) is 4. The van der Waals surface area contributed by atoms with Gasteiger partial charge in [-0.3, -0.25) is 14.4 Å². The van der Waals surface area contributed by atoms with Crippen molar-refractivity contribution in [1.29, 1.82) is 0 Å².